The molecule has 0 spiro atoms. The third-order valence-electron chi connectivity index (χ3n) is 2.38. The zero-order valence-electron chi connectivity index (χ0n) is 8.70. The molecule has 0 saturated heterocycles. The highest BCUT2D eigenvalue weighted by Crippen LogP contribution is 2.24. The van der Waals surface area contributed by atoms with Gasteiger partial charge in [0.1, 0.15) is 11.6 Å². The fourth-order valence-electron chi connectivity index (χ4n) is 1.53. The quantitative estimate of drug-likeness (QED) is 0.850. The Morgan fingerprint density at radius 3 is 2.53 bits per heavy atom. The average molecular weight is 346 g/mol. The maximum absolute atomic E-state index is 13.0. The number of aromatic nitrogens is 1. The Labute approximate surface area is 111 Å². The molecule has 1 aromatic heterocycles. The molecule has 2 N–H and O–H groups in total. The van der Waals surface area contributed by atoms with Gasteiger partial charge >= 0.3 is 0 Å². The Balaban J connectivity index is 2.40. The second-order valence-corrected chi connectivity index (χ2v) is 4.74. The van der Waals surface area contributed by atoms with Crippen LogP contribution in [0.25, 0.3) is 0 Å². The van der Waals surface area contributed by atoms with Crippen LogP contribution in [0.2, 0.25) is 0 Å². The predicted molar refractivity (Wildman–Crippen MR) is 69.3 cm³/mol. The Morgan fingerprint density at radius 2 is 1.88 bits per heavy atom. The molecule has 0 radical (unpaired) electrons. The van der Waals surface area contributed by atoms with Crippen molar-refractivity contribution in [2.45, 2.75) is 6.04 Å². The van der Waals surface area contributed by atoms with Gasteiger partial charge in [-0.05, 0) is 51.9 Å². The van der Waals surface area contributed by atoms with E-state index in [0.717, 1.165) is 11.8 Å². The minimum atomic E-state index is -0.509. The summed E-state index contributed by atoms with van der Waals surface area (Å²) in [5.74, 6) is -0.752. The van der Waals surface area contributed by atoms with Crippen LogP contribution in [0.4, 0.5) is 8.78 Å². The number of pyridine rings is 1. The third-order valence-corrected chi connectivity index (χ3v) is 3.32. The van der Waals surface area contributed by atoms with Crippen LogP contribution >= 0.6 is 22.6 Å². The van der Waals surface area contributed by atoms with E-state index in [9.17, 15) is 8.78 Å². The largest absolute Gasteiger partial charge is 0.320 e. The Bertz CT molecular complexity index is 546. The third kappa shape index (κ3) is 2.78. The molecule has 1 unspecified atom stereocenters. The maximum atomic E-state index is 13.0. The van der Waals surface area contributed by atoms with Crippen molar-refractivity contribution in [2.75, 3.05) is 0 Å². The van der Waals surface area contributed by atoms with E-state index < -0.39 is 11.9 Å². The Kier molecular flexibility index (Phi) is 3.68. The molecule has 1 atom stereocenters. The normalized spacial score (nSPS) is 12.5. The minimum absolute atomic E-state index is 0.317. The summed E-state index contributed by atoms with van der Waals surface area (Å²) in [6, 6.07) is 5.15. The first-order valence-electron chi connectivity index (χ1n) is 4.89. The molecule has 5 heteroatoms. The number of nitrogens with two attached hydrogens (primary N) is 1. The van der Waals surface area contributed by atoms with Crippen molar-refractivity contribution in [1.29, 1.82) is 0 Å². The summed E-state index contributed by atoms with van der Waals surface area (Å²) in [5.41, 5.74) is 7.32. The molecular formula is C12H9F2IN2. The maximum Gasteiger partial charge on any atom is 0.141 e. The van der Waals surface area contributed by atoms with Crippen molar-refractivity contribution < 1.29 is 8.78 Å². The van der Waals surface area contributed by atoms with Gasteiger partial charge in [-0.3, -0.25) is 4.98 Å². The van der Waals surface area contributed by atoms with E-state index in [4.69, 9.17) is 5.73 Å². The van der Waals surface area contributed by atoms with Crippen LogP contribution in [-0.4, -0.2) is 4.98 Å². The SMILES string of the molecule is NC(c1cncc(F)c1)c1ccc(F)cc1I. The molecular weight excluding hydrogens is 337 g/mol. The summed E-state index contributed by atoms with van der Waals surface area (Å²) in [7, 11) is 0. The second-order valence-electron chi connectivity index (χ2n) is 3.58. The monoisotopic (exact) mass is 346 g/mol. The first-order chi connectivity index (χ1) is 8.08. The molecule has 17 heavy (non-hydrogen) atoms. The molecule has 0 amide bonds. The fourth-order valence-corrected chi connectivity index (χ4v) is 2.34. The molecule has 0 bridgehead atoms. The van der Waals surface area contributed by atoms with E-state index in [2.05, 4.69) is 4.98 Å². The molecule has 0 aliphatic carbocycles. The lowest BCUT2D eigenvalue weighted by molar-refractivity contribution is 0.615. The average Bonchev–Trinajstić information content (AvgIpc) is 2.28. The van der Waals surface area contributed by atoms with Crippen molar-refractivity contribution in [1.82, 2.24) is 4.98 Å². The lowest BCUT2D eigenvalue weighted by atomic mass is 10.0. The Morgan fingerprint density at radius 1 is 1.12 bits per heavy atom. The summed E-state index contributed by atoms with van der Waals surface area (Å²) in [6.07, 6.45) is 2.62. The highest BCUT2D eigenvalue weighted by molar-refractivity contribution is 14.1. The first-order valence-corrected chi connectivity index (χ1v) is 5.97. The molecule has 0 saturated carbocycles. The first kappa shape index (κ1) is 12.4. The molecule has 88 valence electrons. The molecule has 0 fully saturated rings. The van der Waals surface area contributed by atoms with Gasteiger partial charge in [-0.1, -0.05) is 6.07 Å². The van der Waals surface area contributed by atoms with Gasteiger partial charge in [0.2, 0.25) is 0 Å². The van der Waals surface area contributed by atoms with Gasteiger partial charge in [0, 0.05) is 9.77 Å². The second kappa shape index (κ2) is 5.05. The standard InChI is InChI=1S/C12H9F2IN2/c13-8-1-2-10(11(15)4-8)12(16)7-3-9(14)6-17-5-7/h1-6,12H,16H2. The van der Waals surface area contributed by atoms with Gasteiger partial charge in [-0.2, -0.15) is 0 Å². The van der Waals surface area contributed by atoms with Crippen LogP contribution in [0.3, 0.4) is 0 Å². The van der Waals surface area contributed by atoms with Crippen molar-refractivity contribution in [3.8, 4) is 0 Å². The van der Waals surface area contributed by atoms with Crippen molar-refractivity contribution in [3.05, 3.63) is 63.0 Å². The zero-order chi connectivity index (χ0) is 12.4. The van der Waals surface area contributed by atoms with Crippen molar-refractivity contribution in [2.24, 2.45) is 5.73 Å². The van der Waals surface area contributed by atoms with E-state index in [-0.39, 0.29) is 5.82 Å². The number of nitrogens with zero attached hydrogens (tertiary/aromatic N) is 1. The summed E-state index contributed by atoms with van der Waals surface area (Å²) in [4.78, 5) is 3.75. The van der Waals surface area contributed by atoms with Crippen LogP contribution in [0.15, 0.2) is 36.7 Å². The molecule has 1 aromatic carbocycles. The minimum Gasteiger partial charge on any atom is -0.320 e. The van der Waals surface area contributed by atoms with Crippen LogP contribution in [-0.2, 0) is 0 Å². The van der Waals surface area contributed by atoms with E-state index in [1.807, 2.05) is 22.6 Å². The van der Waals surface area contributed by atoms with Crippen molar-refractivity contribution >= 4 is 22.6 Å². The predicted octanol–water partition coefficient (Wildman–Crippen LogP) is 3.01. The highest BCUT2D eigenvalue weighted by atomic mass is 127. The van der Waals surface area contributed by atoms with Gasteiger partial charge < -0.3 is 5.73 Å². The molecule has 0 aliphatic heterocycles. The van der Waals surface area contributed by atoms with Gasteiger partial charge in [-0.15, -0.1) is 0 Å². The molecule has 2 rings (SSSR count). The number of halogens is 3. The van der Waals surface area contributed by atoms with Gasteiger partial charge in [0.05, 0.1) is 12.2 Å². The molecule has 2 nitrogen and oxygen atoms in total. The van der Waals surface area contributed by atoms with Gasteiger partial charge in [-0.25, -0.2) is 8.78 Å². The highest BCUT2D eigenvalue weighted by Gasteiger charge is 2.13. The lowest BCUT2D eigenvalue weighted by Gasteiger charge is -2.14. The van der Waals surface area contributed by atoms with Crippen LogP contribution in [0.5, 0.6) is 0 Å². The molecule has 1 heterocycles. The van der Waals surface area contributed by atoms with Crippen molar-refractivity contribution in [3.63, 3.8) is 0 Å². The summed E-state index contributed by atoms with van der Waals surface area (Å²) < 4.78 is 26.7. The van der Waals surface area contributed by atoms with Gasteiger partial charge in [0.25, 0.3) is 0 Å². The van der Waals surface area contributed by atoms with Crippen LogP contribution in [0.1, 0.15) is 17.2 Å². The molecule has 0 aliphatic rings. The van der Waals surface area contributed by atoms with E-state index in [1.54, 1.807) is 6.07 Å². The summed E-state index contributed by atoms with van der Waals surface area (Å²) in [5, 5.41) is 0. The smallest absolute Gasteiger partial charge is 0.141 e. The van der Waals surface area contributed by atoms with Gasteiger partial charge in [0.15, 0.2) is 0 Å². The Hall–Kier alpha value is -1.08. The van der Waals surface area contributed by atoms with Crippen LogP contribution < -0.4 is 5.73 Å². The summed E-state index contributed by atoms with van der Waals surface area (Å²) >= 11 is 2.00. The van der Waals surface area contributed by atoms with E-state index in [1.165, 1.54) is 24.4 Å². The van der Waals surface area contributed by atoms with E-state index in [0.29, 0.717) is 9.13 Å². The number of rotatable bonds is 2. The number of benzene rings is 1. The molecule has 2 aromatic rings. The zero-order valence-corrected chi connectivity index (χ0v) is 10.9. The topological polar surface area (TPSA) is 38.9 Å². The fraction of sp³-hybridized carbons (Fsp3) is 0.0833. The number of hydrogen-bond acceptors (Lipinski definition) is 2. The number of hydrogen-bond donors (Lipinski definition) is 1. The van der Waals surface area contributed by atoms with E-state index >= 15 is 0 Å². The lowest BCUT2D eigenvalue weighted by Crippen LogP contribution is -2.14. The summed E-state index contributed by atoms with van der Waals surface area (Å²) in [6.45, 7) is 0. The van der Waals surface area contributed by atoms with Crippen LogP contribution in [0, 0.1) is 15.2 Å².